The van der Waals surface area contributed by atoms with E-state index < -0.39 is 9.84 Å². The minimum atomic E-state index is -3.18. The third kappa shape index (κ3) is 3.65. The zero-order valence-electron chi connectivity index (χ0n) is 12.6. The Balaban J connectivity index is 1.74. The fourth-order valence-electron chi connectivity index (χ4n) is 2.13. The Kier molecular flexibility index (Phi) is 4.19. The zero-order valence-corrected chi connectivity index (χ0v) is 14.2. The van der Waals surface area contributed by atoms with Gasteiger partial charge in [0.15, 0.2) is 9.84 Å². The van der Waals surface area contributed by atoms with E-state index in [9.17, 15) is 8.42 Å². The molecule has 1 heterocycles. The van der Waals surface area contributed by atoms with Crippen molar-refractivity contribution in [3.05, 3.63) is 53.6 Å². The van der Waals surface area contributed by atoms with Gasteiger partial charge in [-0.3, -0.25) is 0 Å². The number of ether oxygens (including phenoxy) is 1. The molecular weight excluding hydrogens is 316 g/mol. The molecule has 0 radical (unpaired) electrons. The number of benzene rings is 2. The molecule has 0 aliphatic carbocycles. The SMILES string of the molecule is Cc1ccc(Oc2ccc(S(=O)(=O)CC3CS3)cc2)cc1C. The summed E-state index contributed by atoms with van der Waals surface area (Å²) in [6.07, 6.45) is 0. The van der Waals surface area contributed by atoms with Crippen LogP contribution in [0.3, 0.4) is 0 Å². The van der Waals surface area contributed by atoms with E-state index in [0.717, 1.165) is 11.5 Å². The van der Waals surface area contributed by atoms with Crippen LogP contribution in [0.2, 0.25) is 0 Å². The first kappa shape index (κ1) is 15.4. The van der Waals surface area contributed by atoms with Gasteiger partial charge in [-0.05, 0) is 61.4 Å². The highest BCUT2D eigenvalue weighted by Gasteiger charge is 2.29. The smallest absolute Gasteiger partial charge is 0.179 e. The molecule has 1 atom stereocenters. The minimum absolute atomic E-state index is 0.231. The zero-order chi connectivity index (χ0) is 15.7. The maximum atomic E-state index is 12.2. The molecule has 1 unspecified atom stereocenters. The maximum absolute atomic E-state index is 12.2. The Labute approximate surface area is 135 Å². The average Bonchev–Trinajstić information content (AvgIpc) is 3.27. The second-order valence-electron chi connectivity index (χ2n) is 5.56. The Morgan fingerprint density at radius 2 is 1.68 bits per heavy atom. The summed E-state index contributed by atoms with van der Waals surface area (Å²) < 4.78 is 30.1. The van der Waals surface area contributed by atoms with Crippen molar-refractivity contribution >= 4 is 21.6 Å². The molecule has 1 aliphatic rings. The van der Waals surface area contributed by atoms with Crippen LogP contribution in [0.1, 0.15) is 11.1 Å². The van der Waals surface area contributed by atoms with Crippen LogP contribution in [0.4, 0.5) is 0 Å². The molecule has 0 bridgehead atoms. The predicted molar refractivity (Wildman–Crippen MR) is 90.7 cm³/mol. The van der Waals surface area contributed by atoms with Crippen LogP contribution in [0.5, 0.6) is 11.5 Å². The van der Waals surface area contributed by atoms with Gasteiger partial charge >= 0.3 is 0 Å². The first-order valence-corrected chi connectivity index (χ1v) is 9.84. The number of rotatable bonds is 5. The molecule has 0 saturated carbocycles. The lowest BCUT2D eigenvalue weighted by molar-refractivity contribution is 0.481. The van der Waals surface area contributed by atoms with E-state index >= 15 is 0 Å². The lowest BCUT2D eigenvalue weighted by atomic mass is 10.1. The van der Waals surface area contributed by atoms with Gasteiger partial charge in [-0.15, -0.1) is 0 Å². The molecule has 1 aliphatic heterocycles. The molecule has 0 N–H and O–H groups in total. The van der Waals surface area contributed by atoms with Crippen molar-refractivity contribution in [3.63, 3.8) is 0 Å². The van der Waals surface area contributed by atoms with Crippen molar-refractivity contribution in [1.29, 1.82) is 0 Å². The topological polar surface area (TPSA) is 43.4 Å². The standard InChI is InChI=1S/C17H18O3S2/c1-12-3-4-15(9-13(12)2)20-14-5-7-17(8-6-14)22(18,19)11-16-10-21-16/h3-9,16H,10-11H2,1-2H3. The quantitative estimate of drug-likeness (QED) is 0.776. The maximum Gasteiger partial charge on any atom is 0.179 e. The number of aryl methyl sites for hydroxylation is 2. The lowest BCUT2D eigenvalue weighted by Gasteiger charge is -2.09. The first-order chi connectivity index (χ1) is 10.4. The second-order valence-corrected chi connectivity index (χ2v) is 8.92. The van der Waals surface area contributed by atoms with Gasteiger partial charge in [0.25, 0.3) is 0 Å². The van der Waals surface area contributed by atoms with Gasteiger partial charge in [-0.25, -0.2) is 8.42 Å². The third-order valence-corrected chi connectivity index (χ3v) is 6.72. The van der Waals surface area contributed by atoms with Crippen molar-refractivity contribution in [2.24, 2.45) is 0 Å². The van der Waals surface area contributed by atoms with Crippen LogP contribution in [0, 0.1) is 13.8 Å². The summed E-state index contributed by atoms with van der Waals surface area (Å²) in [5, 5.41) is 0.275. The van der Waals surface area contributed by atoms with Gasteiger partial charge in [0.1, 0.15) is 11.5 Å². The van der Waals surface area contributed by atoms with Crippen LogP contribution >= 0.6 is 11.8 Å². The highest BCUT2D eigenvalue weighted by Crippen LogP contribution is 2.33. The summed E-state index contributed by atoms with van der Waals surface area (Å²) in [6, 6.07) is 12.6. The van der Waals surface area contributed by atoms with Gasteiger partial charge in [-0.2, -0.15) is 11.8 Å². The Hall–Kier alpha value is -1.46. The number of thioether (sulfide) groups is 1. The van der Waals surface area contributed by atoms with E-state index in [4.69, 9.17) is 4.74 Å². The van der Waals surface area contributed by atoms with Crippen LogP contribution < -0.4 is 4.74 Å². The molecule has 2 aromatic carbocycles. The van der Waals surface area contributed by atoms with E-state index in [1.165, 1.54) is 11.1 Å². The molecule has 3 rings (SSSR count). The van der Waals surface area contributed by atoms with Crippen molar-refractivity contribution in [2.75, 3.05) is 11.5 Å². The Bertz CT molecular complexity index is 776. The molecule has 22 heavy (non-hydrogen) atoms. The van der Waals surface area contributed by atoms with E-state index in [2.05, 4.69) is 6.92 Å². The van der Waals surface area contributed by atoms with Crippen LogP contribution in [-0.2, 0) is 9.84 Å². The molecule has 0 aromatic heterocycles. The van der Waals surface area contributed by atoms with Gasteiger partial charge in [0, 0.05) is 11.0 Å². The predicted octanol–water partition coefficient (Wildman–Crippen LogP) is 3.98. The van der Waals surface area contributed by atoms with Crippen LogP contribution in [0.15, 0.2) is 47.4 Å². The summed E-state index contributed by atoms with van der Waals surface area (Å²) in [7, 11) is -3.18. The lowest BCUT2D eigenvalue weighted by Crippen LogP contribution is -2.10. The van der Waals surface area contributed by atoms with E-state index in [1.807, 2.05) is 25.1 Å². The molecule has 2 aromatic rings. The van der Waals surface area contributed by atoms with Crippen molar-refractivity contribution < 1.29 is 13.2 Å². The molecule has 1 saturated heterocycles. The monoisotopic (exact) mass is 334 g/mol. The fraction of sp³-hybridized carbons (Fsp3) is 0.294. The van der Waals surface area contributed by atoms with Gasteiger partial charge in [0.05, 0.1) is 10.6 Å². The van der Waals surface area contributed by atoms with Crippen LogP contribution in [0.25, 0.3) is 0 Å². The fourth-order valence-corrected chi connectivity index (χ4v) is 4.81. The highest BCUT2D eigenvalue weighted by molar-refractivity contribution is 8.08. The number of sulfone groups is 1. The molecule has 0 amide bonds. The van der Waals surface area contributed by atoms with Crippen molar-refractivity contribution in [3.8, 4) is 11.5 Å². The summed E-state index contributed by atoms with van der Waals surface area (Å²) >= 11 is 1.69. The van der Waals surface area contributed by atoms with Crippen LogP contribution in [-0.4, -0.2) is 25.2 Å². The Morgan fingerprint density at radius 1 is 1.05 bits per heavy atom. The molecule has 3 nitrogen and oxygen atoms in total. The van der Waals surface area contributed by atoms with Gasteiger partial charge in [-0.1, -0.05) is 6.07 Å². The third-order valence-electron chi connectivity index (χ3n) is 3.70. The summed E-state index contributed by atoms with van der Waals surface area (Å²) in [5.41, 5.74) is 2.38. The largest absolute Gasteiger partial charge is 0.457 e. The minimum Gasteiger partial charge on any atom is -0.457 e. The van der Waals surface area contributed by atoms with Gasteiger partial charge < -0.3 is 4.74 Å². The summed E-state index contributed by atoms with van der Waals surface area (Å²) in [5.74, 6) is 2.58. The molecule has 5 heteroatoms. The summed E-state index contributed by atoms with van der Waals surface area (Å²) in [6.45, 7) is 4.09. The normalized spacial score (nSPS) is 17.3. The number of hydrogen-bond donors (Lipinski definition) is 0. The van der Waals surface area contributed by atoms with E-state index in [0.29, 0.717) is 10.6 Å². The first-order valence-electron chi connectivity index (χ1n) is 7.13. The van der Waals surface area contributed by atoms with E-state index in [1.54, 1.807) is 36.0 Å². The highest BCUT2D eigenvalue weighted by atomic mass is 32.2. The van der Waals surface area contributed by atoms with Gasteiger partial charge in [0.2, 0.25) is 0 Å². The summed E-state index contributed by atoms with van der Waals surface area (Å²) in [4.78, 5) is 0.368. The molecule has 116 valence electrons. The van der Waals surface area contributed by atoms with E-state index in [-0.39, 0.29) is 11.0 Å². The van der Waals surface area contributed by atoms with Crippen molar-refractivity contribution in [1.82, 2.24) is 0 Å². The molecule has 0 spiro atoms. The van der Waals surface area contributed by atoms with Crippen molar-refractivity contribution in [2.45, 2.75) is 24.0 Å². The number of hydrogen-bond acceptors (Lipinski definition) is 4. The average molecular weight is 334 g/mol. The molecule has 1 fully saturated rings. The Morgan fingerprint density at radius 3 is 2.27 bits per heavy atom. The molecular formula is C17H18O3S2. The second kappa shape index (κ2) is 5.97.